The molecular formula is C50H39N. The zero-order chi connectivity index (χ0) is 33.3. The van der Waals surface area contributed by atoms with Crippen LogP contribution in [0.1, 0.15) is 77.8 Å². The minimum Gasteiger partial charge on any atom is -0.356 e. The molecule has 4 aromatic rings. The molecule has 0 fully saturated rings. The number of fused-ring (bicyclic) bond motifs is 18. The molecule has 0 radical (unpaired) electrons. The summed E-state index contributed by atoms with van der Waals surface area (Å²) in [7, 11) is 0. The normalized spacial score (nSPS) is 24.1. The highest BCUT2D eigenvalue weighted by molar-refractivity contribution is 5.91. The van der Waals surface area contributed by atoms with Crippen LogP contribution in [-0.2, 0) is 10.8 Å². The molecule has 0 aliphatic heterocycles. The number of hydrogen-bond acceptors (Lipinski definition) is 1. The molecule has 1 nitrogen and oxygen atoms in total. The second-order valence-electron chi connectivity index (χ2n) is 15.7. The van der Waals surface area contributed by atoms with E-state index in [1.807, 2.05) is 0 Å². The molecule has 244 valence electrons. The van der Waals surface area contributed by atoms with Gasteiger partial charge in [-0.2, -0.15) is 0 Å². The van der Waals surface area contributed by atoms with Crippen LogP contribution >= 0.6 is 0 Å². The molecule has 0 heterocycles. The Labute approximate surface area is 300 Å². The fourth-order valence-electron chi connectivity index (χ4n) is 11.9. The molecule has 12 rings (SSSR count). The Morgan fingerprint density at radius 3 is 1.96 bits per heavy atom. The van der Waals surface area contributed by atoms with E-state index in [-0.39, 0.29) is 10.8 Å². The zero-order valence-electron chi connectivity index (χ0n) is 28.8. The van der Waals surface area contributed by atoms with Gasteiger partial charge < -0.3 is 5.32 Å². The minimum absolute atomic E-state index is 0.115. The summed E-state index contributed by atoms with van der Waals surface area (Å²) in [6.07, 6.45) is 30.9. The standard InChI is InChI=1S/C50H39N/c1-7-19-41-33(13-1)34-14-2-8-20-42(34)49(41)45-23-11-5-17-37(45)39-27-25-31(29-47(39)49)51-32-26-28-40-38-18-6-12-24-46(38)50(48(40)30-32)43-21-9-3-15-35(43)36-16-4-10-22-44(36)50/h1-2,5-14,18-23,25-30,37,46,51H,3-4,15-17,24H2. The SMILES string of the molecule is C1=CCC2C(=C1)C1(c3ccccc3-c3ccccc31)c1cc(Nc3ccc4c(c3)C3(C5=C(CCC=C5)C5=C3C=CCC5)C3CC=CC=C43)ccc12. The van der Waals surface area contributed by atoms with Gasteiger partial charge in [-0.25, -0.2) is 0 Å². The van der Waals surface area contributed by atoms with E-state index in [0.29, 0.717) is 11.8 Å². The summed E-state index contributed by atoms with van der Waals surface area (Å²) in [6, 6.07) is 32.8. The first-order valence-electron chi connectivity index (χ1n) is 19.1. The monoisotopic (exact) mass is 653 g/mol. The number of hydrogen-bond donors (Lipinski definition) is 1. The zero-order valence-corrected chi connectivity index (χ0v) is 28.8. The molecule has 2 spiro atoms. The van der Waals surface area contributed by atoms with Crippen molar-refractivity contribution >= 4 is 16.9 Å². The van der Waals surface area contributed by atoms with Gasteiger partial charge in [-0.3, -0.25) is 0 Å². The lowest BCUT2D eigenvalue weighted by Crippen LogP contribution is -2.34. The highest BCUT2D eigenvalue weighted by atomic mass is 14.9. The van der Waals surface area contributed by atoms with Crippen molar-refractivity contribution in [2.75, 3.05) is 5.32 Å². The topological polar surface area (TPSA) is 12.0 Å². The summed E-state index contributed by atoms with van der Waals surface area (Å²) < 4.78 is 0. The number of anilines is 2. The van der Waals surface area contributed by atoms with Crippen molar-refractivity contribution < 1.29 is 0 Å². The van der Waals surface area contributed by atoms with Crippen LogP contribution < -0.4 is 5.32 Å². The van der Waals surface area contributed by atoms with Gasteiger partial charge in [0.15, 0.2) is 0 Å². The van der Waals surface area contributed by atoms with Gasteiger partial charge in [0.2, 0.25) is 0 Å². The van der Waals surface area contributed by atoms with Crippen LogP contribution in [-0.4, -0.2) is 0 Å². The van der Waals surface area contributed by atoms with Crippen LogP contribution in [0.4, 0.5) is 11.4 Å². The molecule has 2 atom stereocenters. The third-order valence-electron chi connectivity index (χ3n) is 13.7. The van der Waals surface area contributed by atoms with E-state index in [9.17, 15) is 0 Å². The van der Waals surface area contributed by atoms with Gasteiger partial charge in [0.25, 0.3) is 0 Å². The number of benzene rings is 4. The lowest BCUT2D eigenvalue weighted by Gasteiger charge is -2.39. The van der Waals surface area contributed by atoms with E-state index in [1.165, 1.54) is 74.2 Å². The molecule has 0 saturated heterocycles. The predicted octanol–water partition coefficient (Wildman–Crippen LogP) is 12.2. The van der Waals surface area contributed by atoms with Crippen LogP contribution in [0.3, 0.4) is 0 Å². The summed E-state index contributed by atoms with van der Waals surface area (Å²) >= 11 is 0. The Bertz CT molecular complexity index is 2430. The van der Waals surface area contributed by atoms with E-state index >= 15 is 0 Å². The van der Waals surface area contributed by atoms with Crippen molar-refractivity contribution in [1.82, 2.24) is 0 Å². The molecular weight excluding hydrogens is 615 g/mol. The number of allylic oxidation sites excluding steroid dienone is 16. The maximum Gasteiger partial charge on any atom is 0.0686 e. The molecule has 0 saturated carbocycles. The van der Waals surface area contributed by atoms with Gasteiger partial charge in [0.1, 0.15) is 0 Å². The summed E-state index contributed by atoms with van der Waals surface area (Å²) in [5.74, 6) is 0.825. The van der Waals surface area contributed by atoms with Crippen molar-refractivity contribution in [3.8, 4) is 11.1 Å². The van der Waals surface area contributed by atoms with Crippen LogP contribution in [0.15, 0.2) is 174 Å². The molecule has 4 aromatic carbocycles. The third kappa shape index (κ3) is 3.39. The number of rotatable bonds is 2. The van der Waals surface area contributed by atoms with Crippen LogP contribution in [0.25, 0.3) is 16.7 Å². The fourth-order valence-corrected chi connectivity index (χ4v) is 11.9. The molecule has 0 amide bonds. The van der Waals surface area contributed by atoms with Crippen molar-refractivity contribution in [2.45, 2.75) is 55.3 Å². The quantitative estimate of drug-likeness (QED) is 0.227. The Morgan fingerprint density at radius 1 is 0.569 bits per heavy atom. The Hall–Kier alpha value is -5.40. The van der Waals surface area contributed by atoms with Crippen molar-refractivity contribution in [2.24, 2.45) is 5.92 Å². The predicted molar refractivity (Wildman–Crippen MR) is 210 cm³/mol. The summed E-state index contributed by atoms with van der Waals surface area (Å²) in [5, 5.41) is 3.99. The Kier molecular flexibility index (Phi) is 5.61. The van der Waals surface area contributed by atoms with E-state index in [2.05, 4.69) is 151 Å². The first kappa shape index (κ1) is 28.3. The van der Waals surface area contributed by atoms with Gasteiger partial charge in [-0.15, -0.1) is 0 Å². The first-order chi connectivity index (χ1) is 25.3. The third-order valence-corrected chi connectivity index (χ3v) is 13.7. The molecule has 0 aromatic heterocycles. The maximum absolute atomic E-state index is 3.99. The fraction of sp³-hybridized carbons (Fsp3) is 0.200. The van der Waals surface area contributed by atoms with Gasteiger partial charge in [0.05, 0.1) is 10.8 Å². The van der Waals surface area contributed by atoms with Crippen LogP contribution in [0.5, 0.6) is 0 Å². The van der Waals surface area contributed by atoms with Crippen molar-refractivity contribution in [3.63, 3.8) is 0 Å². The lowest BCUT2D eigenvalue weighted by molar-refractivity contribution is 0.484. The molecule has 1 N–H and O–H groups in total. The first-order valence-corrected chi connectivity index (χ1v) is 19.1. The van der Waals surface area contributed by atoms with E-state index in [4.69, 9.17) is 0 Å². The molecule has 8 aliphatic carbocycles. The molecule has 51 heavy (non-hydrogen) atoms. The van der Waals surface area contributed by atoms with Crippen LogP contribution in [0.2, 0.25) is 0 Å². The van der Waals surface area contributed by atoms with Gasteiger partial charge in [-0.1, -0.05) is 121 Å². The van der Waals surface area contributed by atoms with Gasteiger partial charge >= 0.3 is 0 Å². The largest absolute Gasteiger partial charge is 0.356 e. The van der Waals surface area contributed by atoms with E-state index < -0.39 is 0 Å². The second kappa shape index (κ2) is 10.1. The molecule has 8 aliphatic rings. The minimum atomic E-state index is -0.275. The summed E-state index contributed by atoms with van der Waals surface area (Å²) in [5.41, 5.74) is 22.8. The average Bonchev–Trinajstić information content (AvgIpc) is 3.87. The summed E-state index contributed by atoms with van der Waals surface area (Å²) in [4.78, 5) is 0. The Balaban J connectivity index is 1.03. The highest BCUT2D eigenvalue weighted by Crippen LogP contribution is 2.68. The van der Waals surface area contributed by atoms with E-state index in [1.54, 1.807) is 22.3 Å². The molecule has 2 unspecified atom stereocenters. The lowest BCUT2D eigenvalue weighted by atomic mass is 9.63. The van der Waals surface area contributed by atoms with Crippen LogP contribution in [0, 0.1) is 5.92 Å². The maximum atomic E-state index is 3.99. The second-order valence-corrected chi connectivity index (χ2v) is 15.7. The van der Waals surface area contributed by atoms with Gasteiger partial charge in [-0.05, 0) is 141 Å². The van der Waals surface area contributed by atoms with Crippen molar-refractivity contribution in [1.29, 1.82) is 0 Å². The highest BCUT2D eigenvalue weighted by Gasteiger charge is 2.58. The average molecular weight is 654 g/mol. The Morgan fingerprint density at radius 2 is 1.22 bits per heavy atom. The number of nitrogens with one attached hydrogen (secondary N) is 1. The summed E-state index contributed by atoms with van der Waals surface area (Å²) in [6.45, 7) is 0. The molecule has 0 bridgehead atoms. The molecule has 1 heteroatoms. The van der Waals surface area contributed by atoms with Crippen molar-refractivity contribution in [3.05, 3.63) is 207 Å². The van der Waals surface area contributed by atoms with Gasteiger partial charge in [0, 0.05) is 23.2 Å². The van der Waals surface area contributed by atoms with E-state index in [0.717, 1.165) is 31.4 Å². The smallest absolute Gasteiger partial charge is 0.0686 e.